The minimum absolute atomic E-state index is 0.161. The summed E-state index contributed by atoms with van der Waals surface area (Å²) in [6, 6.07) is 5.87. The van der Waals surface area contributed by atoms with Crippen molar-refractivity contribution in [3.8, 4) is 5.75 Å². The highest BCUT2D eigenvalue weighted by atomic mass is 16.5. The van der Waals surface area contributed by atoms with Crippen LogP contribution in [-0.2, 0) is 9.59 Å². The Morgan fingerprint density at radius 2 is 2.05 bits per heavy atom. The van der Waals surface area contributed by atoms with Crippen LogP contribution < -0.4 is 10.1 Å². The van der Waals surface area contributed by atoms with Crippen molar-refractivity contribution in [1.29, 1.82) is 0 Å². The molecule has 0 heterocycles. The second-order valence-corrected chi connectivity index (χ2v) is 5.11. The predicted molar refractivity (Wildman–Crippen MR) is 80.5 cm³/mol. The zero-order valence-electron chi connectivity index (χ0n) is 12.8. The first-order valence-corrected chi connectivity index (χ1v) is 7.13. The quantitative estimate of drug-likeness (QED) is 0.771. The van der Waals surface area contributed by atoms with Crippen LogP contribution in [0.2, 0.25) is 0 Å². The van der Waals surface area contributed by atoms with E-state index in [2.05, 4.69) is 5.32 Å². The molecule has 2 N–H and O–H groups in total. The maximum atomic E-state index is 11.6. The topological polar surface area (TPSA) is 75.6 Å². The summed E-state index contributed by atoms with van der Waals surface area (Å²) in [6.07, 6.45) is 0.706. The molecule has 1 aromatic carbocycles. The van der Waals surface area contributed by atoms with Crippen LogP contribution in [0.4, 0.5) is 0 Å². The number of hydrogen-bond acceptors (Lipinski definition) is 3. The maximum absolute atomic E-state index is 11.6. The summed E-state index contributed by atoms with van der Waals surface area (Å²) < 4.78 is 5.57. The van der Waals surface area contributed by atoms with Crippen molar-refractivity contribution in [2.24, 2.45) is 5.92 Å². The summed E-state index contributed by atoms with van der Waals surface area (Å²) in [5.41, 5.74) is 2.20. The molecule has 0 bridgehead atoms. The molecule has 21 heavy (non-hydrogen) atoms. The highest BCUT2D eigenvalue weighted by Crippen LogP contribution is 2.18. The van der Waals surface area contributed by atoms with Gasteiger partial charge in [-0.15, -0.1) is 0 Å². The second kappa shape index (κ2) is 8.29. The molecule has 0 aliphatic heterocycles. The van der Waals surface area contributed by atoms with Crippen LogP contribution in [0.5, 0.6) is 5.75 Å². The van der Waals surface area contributed by atoms with E-state index in [1.54, 1.807) is 6.92 Å². The molecule has 116 valence electrons. The summed E-state index contributed by atoms with van der Waals surface area (Å²) in [6.45, 7) is 6.19. The Bertz CT molecular complexity index is 499. The number of carbonyl (C=O) groups is 2. The van der Waals surface area contributed by atoms with E-state index in [0.717, 1.165) is 16.9 Å². The third kappa shape index (κ3) is 5.85. The van der Waals surface area contributed by atoms with Gasteiger partial charge in [0.2, 0.25) is 5.91 Å². The molecule has 0 aliphatic rings. The Kier molecular flexibility index (Phi) is 6.72. The molecule has 1 rings (SSSR count). The lowest BCUT2D eigenvalue weighted by molar-refractivity contribution is -0.141. The summed E-state index contributed by atoms with van der Waals surface area (Å²) in [4.78, 5) is 22.5. The number of rotatable bonds is 8. The molecular formula is C16H23NO4. The van der Waals surface area contributed by atoms with E-state index in [1.165, 1.54) is 0 Å². The Morgan fingerprint density at radius 1 is 1.33 bits per heavy atom. The normalized spacial score (nSPS) is 11.8. The van der Waals surface area contributed by atoms with Gasteiger partial charge in [0.05, 0.1) is 18.9 Å². The fourth-order valence-corrected chi connectivity index (χ4v) is 1.95. The van der Waals surface area contributed by atoms with Crippen molar-refractivity contribution in [1.82, 2.24) is 5.32 Å². The number of ether oxygens (including phenoxy) is 1. The molecule has 0 aromatic heterocycles. The van der Waals surface area contributed by atoms with E-state index >= 15 is 0 Å². The van der Waals surface area contributed by atoms with E-state index in [9.17, 15) is 9.59 Å². The van der Waals surface area contributed by atoms with Crippen molar-refractivity contribution in [2.45, 2.75) is 33.6 Å². The van der Waals surface area contributed by atoms with Gasteiger partial charge in [-0.05, 0) is 31.9 Å². The van der Waals surface area contributed by atoms with E-state index < -0.39 is 11.9 Å². The summed E-state index contributed by atoms with van der Waals surface area (Å²) in [5, 5.41) is 11.5. The SMILES string of the molecule is CCC(CNC(=O)CCOc1ccc(C)cc1C)C(=O)O. The van der Waals surface area contributed by atoms with Gasteiger partial charge in [-0.25, -0.2) is 0 Å². The van der Waals surface area contributed by atoms with Gasteiger partial charge in [0.25, 0.3) is 0 Å². The van der Waals surface area contributed by atoms with Gasteiger partial charge in [-0.1, -0.05) is 24.6 Å². The van der Waals surface area contributed by atoms with Gasteiger partial charge in [0.1, 0.15) is 5.75 Å². The number of carboxylic acid groups (broad SMARTS) is 1. The van der Waals surface area contributed by atoms with E-state index in [1.807, 2.05) is 32.0 Å². The number of benzene rings is 1. The van der Waals surface area contributed by atoms with Crippen LogP contribution >= 0.6 is 0 Å². The zero-order chi connectivity index (χ0) is 15.8. The third-order valence-corrected chi connectivity index (χ3v) is 3.30. The lowest BCUT2D eigenvalue weighted by Crippen LogP contribution is -2.33. The number of aryl methyl sites for hydroxylation is 2. The van der Waals surface area contributed by atoms with Crippen molar-refractivity contribution in [3.05, 3.63) is 29.3 Å². The highest BCUT2D eigenvalue weighted by Gasteiger charge is 2.15. The second-order valence-electron chi connectivity index (χ2n) is 5.11. The highest BCUT2D eigenvalue weighted by molar-refractivity contribution is 5.77. The first-order valence-electron chi connectivity index (χ1n) is 7.13. The number of nitrogens with one attached hydrogen (secondary N) is 1. The lowest BCUT2D eigenvalue weighted by Gasteiger charge is -2.12. The van der Waals surface area contributed by atoms with E-state index in [-0.39, 0.29) is 25.5 Å². The monoisotopic (exact) mass is 293 g/mol. The number of amides is 1. The third-order valence-electron chi connectivity index (χ3n) is 3.30. The van der Waals surface area contributed by atoms with Crippen molar-refractivity contribution >= 4 is 11.9 Å². The minimum atomic E-state index is -0.885. The molecule has 1 amide bonds. The van der Waals surface area contributed by atoms with Gasteiger partial charge in [-0.3, -0.25) is 9.59 Å². The molecule has 0 radical (unpaired) electrons. The first-order chi connectivity index (χ1) is 9.93. The molecule has 0 fully saturated rings. The van der Waals surface area contributed by atoms with E-state index in [4.69, 9.17) is 9.84 Å². The molecular weight excluding hydrogens is 270 g/mol. The fraction of sp³-hybridized carbons (Fsp3) is 0.500. The van der Waals surface area contributed by atoms with Crippen molar-refractivity contribution in [2.75, 3.05) is 13.2 Å². The number of carboxylic acids is 1. The average molecular weight is 293 g/mol. The van der Waals surface area contributed by atoms with Crippen LogP contribution in [0, 0.1) is 19.8 Å². The van der Waals surface area contributed by atoms with Crippen LogP contribution in [-0.4, -0.2) is 30.1 Å². The smallest absolute Gasteiger partial charge is 0.308 e. The standard InChI is InChI=1S/C16H23NO4/c1-4-13(16(19)20)10-17-15(18)7-8-21-14-6-5-11(2)9-12(14)3/h5-6,9,13H,4,7-8,10H2,1-3H3,(H,17,18)(H,19,20). The van der Waals surface area contributed by atoms with Crippen LogP contribution in [0.15, 0.2) is 18.2 Å². The number of aliphatic carboxylic acids is 1. The zero-order valence-corrected chi connectivity index (χ0v) is 12.8. The first kappa shape index (κ1) is 17.0. The minimum Gasteiger partial charge on any atom is -0.493 e. The molecule has 0 spiro atoms. The maximum Gasteiger partial charge on any atom is 0.308 e. The molecule has 0 aliphatic carbocycles. The predicted octanol–water partition coefficient (Wildman–Crippen LogP) is 2.30. The van der Waals surface area contributed by atoms with Crippen LogP contribution in [0.25, 0.3) is 0 Å². The summed E-state index contributed by atoms with van der Waals surface area (Å²) >= 11 is 0. The Balaban J connectivity index is 2.32. The molecule has 1 aromatic rings. The Hall–Kier alpha value is -2.04. The molecule has 5 heteroatoms. The van der Waals surface area contributed by atoms with Gasteiger partial charge in [0.15, 0.2) is 0 Å². The lowest BCUT2D eigenvalue weighted by atomic mass is 10.1. The van der Waals surface area contributed by atoms with Crippen LogP contribution in [0.3, 0.4) is 0 Å². The van der Waals surface area contributed by atoms with Crippen molar-refractivity contribution in [3.63, 3.8) is 0 Å². The largest absolute Gasteiger partial charge is 0.493 e. The number of carbonyl (C=O) groups excluding carboxylic acids is 1. The summed E-state index contributed by atoms with van der Waals surface area (Å²) in [7, 11) is 0. The molecule has 5 nitrogen and oxygen atoms in total. The average Bonchev–Trinajstić information content (AvgIpc) is 2.41. The molecule has 0 saturated heterocycles. The van der Waals surface area contributed by atoms with E-state index in [0.29, 0.717) is 6.42 Å². The van der Waals surface area contributed by atoms with Crippen molar-refractivity contribution < 1.29 is 19.4 Å². The fourth-order valence-electron chi connectivity index (χ4n) is 1.95. The molecule has 1 atom stereocenters. The van der Waals surface area contributed by atoms with Gasteiger partial charge in [0, 0.05) is 6.54 Å². The van der Waals surface area contributed by atoms with Crippen LogP contribution in [0.1, 0.15) is 30.9 Å². The summed E-state index contributed by atoms with van der Waals surface area (Å²) in [5.74, 6) is -0.844. The van der Waals surface area contributed by atoms with Gasteiger partial charge < -0.3 is 15.2 Å². The van der Waals surface area contributed by atoms with Gasteiger partial charge >= 0.3 is 5.97 Å². The molecule has 1 unspecified atom stereocenters. The molecule has 0 saturated carbocycles. The Labute approximate surface area is 125 Å². The Morgan fingerprint density at radius 3 is 2.62 bits per heavy atom. The number of hydrogen-bond donors (Lipinski definition) is 2. The van der Waals surface area contributed by atoms with Gasteiger partial charge in [-0.2, -0.15) is 0 Å².